The molecule has 0 saturated heterocycles. The van der Waals surface area contributed by atoms with E-state index in [0.29, 0.717) is 18.2 Å². The maximum Gasteiger partial charge on any atom is 0.228 e. The molecular formula is C8H12N2O2. The van der Waals surface area contributed by atoms with Crippen molar-refractivity contribution in [3.05, 3.63) is 11.7 Å². The van der Waals surface area contributed by atoms with Gasteiger partial charge < -0.3 is 9.63 Å². The zero-order chi connectivity index (χ0) is 8.39. The van der Waals surface area contributed by atoms with Gasteiger partial charge in [-0.15, -0.1) is 0 Å². The second-order valence-corrected chi connectivity index (χ2v) is 3.15. The van der Waals surface area contributed by atoms with E-state index >= 15 is 0 Å². The minimum absolute atomic E-state index is 0.0757. The second kappa shape index (κ2) is 3.23. The molecule has 1 N–H and O–H groups in total. The van der Waals surface area contributed by atoms with E-state index < -0.39 is 0 Å². The Morgan fingerprint density at radius 1 is 1.50 bits per heavy atom. The predicted molar refractivity (Wildman–Crippen MR) is 41.7 cm³/mol. The van der Waals surface area contributed by atoms with Gasteiger partial charge >= 0.3 is 0 Å². The Labute approximate surface area is 70.6 Å². The number of aliphatic hydroxyl groups excluding tert-OH is 1. The molecule has 1 heterocycles. The van der Waals surface area contributed by atoms with Crippen LogP contribution in [0.2, 0.25) is 0 Å². The number of aromatic nitrogens is 2. The van der Waals surface area contributed by atoms with Gasteiger partial charge in [-0.3, -0.25) is 0 Å². The standard InChI is InChI=1S/C8H12N2O2/c11-5-4-7-9-8(10-12-7)6-2-1-3-6/h6,11H,1-5H2. The lowest BCUT2D eigenvalue weighted by Crippen LogP contribution is -2.10. The number of hydrogen-bond acceptors (Lipinski definition) is 4. The lowest BCUT2D eigenvalue weighted by molar-refractivity contribution is 0.273. The van der Waals surface area contributed by atoms with Crippen LogP contribution in [0.1, 0.15) is 36.9 Å². The van der Waals surface area contributed by atoms with Crippen molar-refractivity contribution in [2.45, 2.75) is 31.6 Å². The molecule has 0 bridgehead atoms. The van der Waals surface area contributed by atoms with Gasteiger partial charge in [0.2, 0.25) is 5.89 Å². The highest BCUT2D eigenvalue weighted by molar-refractivity contribution is 4.99. The number of aliphatic hydroxyl groups is 1. The minimum atomic E-state index is 0.0757. The monoisotopic (exact) mass is 168 g/mol. The van der Waals surface area contributed by atoms with Gasteiger partial charge in [-0.05, 0) is 12.8 Å². The van der Waals surface area contributed by atoms with Crippen LogP contribution in [-0.4, -0.2) is 21.9 Å². The first-order valence-corrected chi connectivity index (χ1v) is 4.33. The summed E-state index contributed by atoms with van der Waals surface area (Å²) in [7, 11) is 0. The molecule has 1 aromatic rings. The molecule has 0 aromatic carbocycles. The smallest absolute Gasteiger partial charge is 0.228 e. The summed E-state index contributed by atoms with van der Waals surface area (Å²) in [6, 6.07) is 0. The fourth-order valence-corrected chi connectivity index (χ4v) is 1.30. The van der Waals surface area contributed by atoms with E-state index in [0.717, 1.165) is 5.82 Å². The Balaban J connectivity index is 2.02. The summed E-state index contributed by atoms with van der Waals surface area (Å²) in [5.74, 6) is 1.89. The molecule has 66 valence electrons. The van der Waals surface area contributed by atoms with Crippen molar-refractivity contribution >= 4 is 0 Å². The SMILES string of the molecule is OCCc1nc(C2CCC2)no1. The van der Waals surface area contributed by atoms with Gasteiger partial charge in [-0.1, -0.05) is 11.6 Å². The van der Waals surface area contributed by atoms with Gasteiger partial charge in [0, 0.05) is 5.92 Å². The van der Waals surface area contributed by atoms with Crippen LogP contribution in [0.25, 0.3) is 0 Å². The van der Waals surface area contributed by atoms with E-state index in [1.807, 2.05) is 0 Å². The molecule has 4 nitrogen and oxygen atoms in total. The molecular weight excluding hydrogens is 156 g/mol. The molecule has 2 rings (SSSR count). The molecule has 0 amide bonds. The van der Waals surface area contributed by atoms with Gasteiger partial charge in [0.25, 0.3) is 0 Å². The van der Waals surface area contributed by atoms with E-state index in [9.17, 15) is 0 Å². The summed E-state index contributed by atoms with van der Waals surface area (Å²) < 4.78 is 4.94. The van der Waals surface area contributed by atoms with Crippen molar-refractivity contribution < 1.29 is 9.63 Å². The first-order chi connectivity index (χ1) is 5.90. The van der Waals surface area contributed by atoms with Crippen LogP contribution < -0.4 is 0 Å². The van der Waals surface area contributed by atoms with Crippen LogP contribution in [0, 0.1) is 0 Å². The summed E-state index contributed by atoms with van der Waals surface area (Å²) in [5, 5.41) is 12.5. The summed E-state index contributed by atoms with van der Waals surface area (Å²) in [6.45, 7) is 0.0757. The lowest BCUT2D eigenvalue weighted by Gasteiger charge is -2.20. The molecule has 1 aromatic heterocycles. The van der Waals surface area contributed by atoms with E-state index in [1.54, 1.807) is 0 Å². The lowest BCUT2D eigenvalue weighted by atomic mass is 9.85. The van der Waals surface area contributed by atoms with Crippen LogP contribution in [0.5, 0.6) is 0 Å². The minimum Gasteiger partial charge on any atom is -0.396 e. The Kier molecular flexibility index (Phi) is 2.08. The molecule has 0 atom stereocenters. The van der Waals surface area contributed by atoms with Crippen LogP contribution in [0.3, 0.4) is 0 Å². The Bertz CT molecular complexity index is 255. The molecule has 1 fully saturated rings. The topological polar surface area (TPSA) is 59.2 Å². The third-order valence-electron chi connectivity index (χ3n) is 2.28. The summed E-state index contributed by atoms with van der Waals surface area (Å²) in [4.78, 5) is 4.18. The molecule has 0 unspecified atom stereocenters. The molecule has 12 heavy (non-hydrogen) atoms. The van der Waals surface area contributed by atoms with E-state index in [1.165, 1.54) is 19.3 Å². The van der Waals surface area contributed by atoms with E-state index in [4.69, 9.17) is 9.63 Å². The van der Waals surface area contributed by atoms with Crippen LogP contribution in [-0.2, 0) is 6.42 Å². The van der Waals surface area contributed by atoms with Crippen molar-refractivity contribution in [3.63, 3.8) is 0 Å². The van der Waals surface area contributed by atoms with Gasteiger partial charge in [0.15, 0.2) is 5.82 Å². The van der Waals surface area contributed by atoms with E-state index in [-0.39, 0.29) is 6.61 Å². The first kappa shape index (κ1) is 7.73. The maximum atomic E-state index is 8.61. The zero-order valence-corrected chi connectivity index (χ0v) is 6.86. The summed E-state index contributed by atoms with van der Waals surface area (Å²) in [6.07, 6.45) is 4.10. The van der Waals surface area contributed by atoms with Crippen molar-refractivity contribution in [2.75, 3.05) is 6.61 Å². The Morgan fingerprint density at radius 3 is 2.92 bits per heavy atom. The van der Waals surface area contributed by atoms with Gasteiger partial charge in [-0.25, -0.2) is 0 Å². The molecule has 0 radical (unpaired) electrons. The number of rotatable bonds is 3. The van der Waals surface area contributed by atoms with E-state index in [2.05, 4.69) is 10.1 Å². The maximum absolute atomic E-state index is 8.61. The third-order valence-corrected chi connectivity index (χ3v) is 2.28. The average Bonchev–Trinajstić information content (AvgIpc) is 2.34. The highest BCUT2D eigenvalue weighted by Crippen LogP contribution is 2.34. The van der Waals surface area contributed by atoms with Crippen molar-refractivity contribution in [3.8, 4) is 0 Å². The molecule has 4 heteroatoms. The second-order valence-electron chi connectivity index (χ2n) is 3.15. The predicted octanol–water partition coefficient (Wildman–Crippen LogP) is 0.872. The molecule has 1 saturated carbocycles. The molecule has 0 aliphatic heterocycles. The largest absolute Gasteiger partial charge is 0.396 e. The number of nitrogens with zero attached hydrogens (tertiary/aromatic N) is 2. The summed E-state index contributed by atoms with van der Waals surface area (Å²) in [5.41, 5.74) is 0. The Hall–Kier alpha value is -0.900. The quantitative estimate of drug-likeness (QED) is 0.727. The fourth-order valence-electron chi connectivity index (χ4n) is 1.30. The van der Waals surface area contributed by atoms with Crippen molar-refractivity contribution in [2.24, 2.45) is 0 Å². The van der Waals surface area contributed by atoms with Crippen LogP contribution >= 0.6 is 0 Å². The molecule has 1 aliphatic carbocycles. The highest BCUT2D eigenvalue weighted by Gasteiger charge is 2.24. The van der Waals surface area contributed by atoms with Crippen LogP contribution in [0.4, 0.5) is 0 Å². The first-order valence-electron chi connectivity index (χ1n) is 4.33. The Morgan fingerprint density at radius 2 is 2.33 bits per heavy atom. The highest BCUT2D eigenvalue weighted by atomic mass is 16.5. The van der Waals surface area contributed by atoms with Gasteiger partial charge in [0.05, 0.1) is 13.0 Å². The fraction of sp³-hybridized carbons (Fsp3) is 0.750. The van der Waals surface area contributed by atoms with Crippen molar-refractivity contribution in [1.29, 1.82) is 0 Å². The third kappa shape index (κ3) is 1.34. The zero-order valence-electron chi connectivity index (χ0n) is 6.86. The average molecular weight is 168 g/mol. The number of hydrogen-bond donors (Lipinski definition) is 1. The van der Waals surface area contributed by atoms with Gasteiger partial charge in [-0.2, -0.15) is 4.98 Å². The van der Waals surface area contributed by atoms with Crippen LogP contribution in [0.15, 0.2) is 4.52 Å². The van der Waals surface area contributed by atoms with Crippen molar-refractivity contribution in [1.82, 2.24) is 10.1 Å². The van der Waals surface area contributed by atoms with Gasteiger partial charge in [0.1, 0.15) is 0 Å². The normalized spacial score (nSPS) is 17.8. The molecule has 1 aliphatic rings. The molecule has 0 spiro atoms. The summed E-state index contributed by atoms with van der Waals surface area (Å²) >= 11 is 0.